The molecule has 7 nitrogen and oxygen atoms in total. The molecule has 0 spiro atoms. The first-order valence-corrected chi connectivity index (χ1v) is 14.1. The Hall–Kier alpha value is -1.81. The van der Waals surface area contributed by atoms with Gasteiger partial charge in [0.15, 0.2) is 0 Å². The molecule has 2 aliphatic heterocycles. The highest BCUT2D eigenvalue weighted by Crippen LogP contribution is 2.24. The number of aromatic nitrogens is 1. The van der Waals surface area contributed by atoms with Gasteiger partial charge >= 0.3 is 0 Å². The summed E-state index contributed by atoms with van der Waals surface area (Å²) >= 11 is 1.67. The lowest BCUT2D eigenvalue weighted by atomic mass is 9.95. The van der Waals surface area contributed by atoms with Crippen molar-refractivity contribution in [1.29, 1.82) is 0 Å². The molecule has 2 saturated heterocycles. The molecule has 2 fully saturated rings. The maximum atomic E-state index is 13.1. The highest BCUT2D eigenvalue weighted by atomic mass is 32.2. The van der Waals surface area contributed by atoms with Gasteiger partial charge in [-0.2, -0.15) is 4.31 Å². The summed E-state index contributed by atoms with van der Waals surface area (Å²) in [6.07, 6.45) is 1.70. The molecule has 9 heteroatoms. The third kappa shape index (κ3) is 5.65. The third-order valence-corrected chi connectivity index (χ3v) is 9.46. The van der Waals surface area contributed by atoms with E-state index in [-0.39, 0.29) is 11.8 Å². The van der Waals surface area contributed by atoms with Gasteiger partial charge in [-0.15, -0.1) is 11.3 Å². The summed E-state index contributed by atoms with van der Waals surface area (Å²) in [5, 5.41) is 3.20. The quantitative estimate of drug-likeness (QED) is 0.621. The number of benzene rings is 1. The molecule has 1 amide bonds. The number of thiazole rings is 1. The standard InChI is InChI=1S/C24H34N4O3S2/c1-18(2)20-4-6-23(7-5-20)33(30,31)28-14-12-27(13-15-28)24(29)21-8-10-26(11-9-21)16-22-17-32-19(3)25-22/h4-7,17-18,21H,8-16H2,1-3H3. The molecule has 180 valence electrons. The summed E-state index contributed by atoms with van der Waals surface area (Å²) in [6.45, 7) is 10.5. The number of nitrogens with zero attached hydrogens (tertiary/aromatic N) is 4. The highest BCUT2D eigenvalue weighted by molar-refractivity contribution is 7.89. The van der Waals surface area contributed by atoms with Crippen LogP contribution in [0.4, 0.5) is 0 Å². The molecule has 0 bridgehead atoms. The second-order valence-electron chi connectivity index (χ2n) is 9.36. The van der Waals surface area contributed by atoms with Crippen molar-refractivity contribution in [3.05, 3.63) is 45.9 Å². The van der Waals surface area contributed by atoms with Gasteiger partial charge in [-0.05, 0) is 56.5 Å². The summed E-state index contributed by atoms with van der Waals surface area (Å²) in [7, 11) is -3.53. The lowest BCUT2D eigenvalue weighted by molar-refractivity contribution is -0.138. The fourth-order valence-electron chi connectivity index (χ4n) is 4.63. The topological polar surface area (TPSA) is 73.8 Å². The summed E-state index contributed by atoms with van der Waals surface area (Å²) in [4.78, 5) is 22.2. The van der Waals surface area contributed by atoms with E-state index in [1.807, 2.05) is 24.0 Å². The molecule has 3 heterocycles. The van der Waals surface area contributed by atoms with Crippen LogP contribution in [0, 0.1) is 12.8 Å². The van der Waals surface area contributed by atoms with Crippen LogP contribution in [-0.2, 0) is 21.4 Å². The van der Waals surface area contributed by atoms with Crippen molar-refractivity contribution < 1.29 is 13.2 Å². The Balaban J connectivity index is 1.27. The molecule has 0 aliphatic carbocycles. The van der Waals surface area contributed by atoms with E-state index < -0.39 is 10.0 Å². The minimum atomic E-state index is -3.53. The van der Waals surface area contributed by atoms with Crippen LogP contribution in [-0.4, -0.2) is 72.7 Å². The number of aryl methyl sites for hydroxylation is 1. The van der Waals surface area contributed by atoms with Crippen LogP contribution < -0.4 is 0 Å². The monoisotopic (exact) mass is 490 g/mol. The van der Waals surface area contributed by atoms with Crippen LogP contribution in [0.25, 0.3) is 0 Å². The molecule has 0 radical (unpaired) electrons. The number of piperazine rings is 1. The van der Waals surface area contributed by atoms with Crippen LogP contribution in [0.2, 0.25) is 0 Å². The Morgan fingerprint density at radius 2 is 1.70 bits per heavy atom. The Bertz CT molecular complexity index is 1050. The van der Waals surface area contributed by atoms with Gasteiger partial charge in [-0.1, -0.05) is 26.0 Å². The smallest absolute Gasteiger partial charge is 0.243 e. The minimum absolute atomic E-state index is 0.0326. The molecule has 0 atom stereocenters. The number of rotatable bonds is 6. The molecule has 0 unspecified atom stereocenters. The molecule has 1 aromatic heterocycles. The van der Waals surface area contributed by atoms with Crippen LogP contribution in [0.3, 0.4) is 0 Å². The van der Waals surface area contributed by atoms with Crippen molar-refractivity contribution in [1.82, 2.24) is 19.1 Å². The van der Waals surface area contributed by atoms with Crippen molar-refractivity contribution >= 4 is 27.3 Å². The van der Waals surface area contributed by atoms with Crippen molar-refractivity contribution in [2.75, 3.05) is 39.3 Å². The van der Waals surface area contributed by atoms with E-state index in [4.69, 9.17) is 0 Å². The first kappa shape index (κ1) is 24.3. The third-order valence-electron chi connectivity index (χ3n) is 6.72. The normalized spacial score (nSPS) is 19.3. The van der Waals surface area contributed by atoms with Crippen molar-refractivity contribution in [2.24, 2.45) is 5.92 Å². The van der Waals surface area contributed by atoms with E-state index in [9.17, 15) is 13.2 Å². The van der Waals surface area contributed by atoms with E-state index in [0.29, 0.717) is 37.0 Å². The number of piperidine rings is 1. The van der Waals surface area contributed by atoms with Crippen molar-refractivity contribution in [3.8, 4) is 0 Å². The number of carbonyl (C=O) groups is 1. The fourth-order valence-corrected chi connectivity index (χ4v) is 6.65. The maximum Gasteiger partial charge on any atom is 0.243 e. The number of amides is 1. The van der Waals surface area contributed by atoms with Crippen molar-refractivity contribution in [2.45, 2.75) is 51.0 Å². The largest absolute Gasteiger partial charge is 0.340 e. The zero-order valence-electron chi connectivity index (χ0n) is 19.7. The minimum Gasteiger partial charge on any atom is -0.340 e. The van der Waals surface area contributed by atoms with Gasteiger partial charge in [0.05, 0.1) is 15.6 Å². The Morgan fingerprint density at radius 3 is 2.24 bits per heavy atom. The first-order chi connectivity index (χ1) is 15.7. The van der Waals surface area contributed by atoms with Crippen molar-refractivity contribution in [3.63, 3.8) is 0 Å². The first-order valence-electron chi connectivity index (χ1n) is 11.8. The molecule has 0 saturated carbocycles. The zero-order valence-corrected chi connectivity index (χ0v) is 21.4. The molecular weight excluding hydrogens is 456 g/mol. The van der Waals surface area contributed by atoms with Gasteiger partial charge in [-0.3, -0.25) is 9.69 Å². The summed E-state index contributed by atoms with van der Waals surface area (Å²) in [5.41, 5.74) is 2.23. The van der Waals surface area contributed by atoms with Gasteiger partial charge in [0.1, 0.15) is 0 Å². The van der Waals surface area contributed by atoms with E-state index in [1.165, 1.54) is 4.31 Å². The predicted octanol–water partition coefficient (Wildman–Crippen LogP) is 3.32. The second-order valence-corrected chi connectivity index (χ2v) is 12.4. The molecule has 33 heavy (non-hydrogen) atoms. The number of hydrogen-bond donors (Lipinski definition) is 0. The Labute approximate surface area is 201 Å². The van der Waals surface area contributed by atoms with Gasteiger partial charge < -0.3 is 4.90 Å². The summed E-state index contributed by atoms with van der Waals surface area (Å²) in [5.74, 6) is 0.572. The van der Waals surface area contributed by atoms with E-state index in [1.54, 1.807) is 23.5 Å². The number of carbonyl (C=O) groups excluding carboxylic acids is 1. The lowest BCUT2D eigenvalue weighted by Crippen LogP contribution is -2.52. The van der Waals surface area contributed by atoms with E-state index in [2.05, 4.69) is 29.1 Å². The number of hydrogen-bond acceptors (Lipinski definition) is 6. The van der Waals surface area contributed by atoms with Crippen LogP contribution in [0.15, 0.2) is 34.5 Å². The summed E-state index contributed by atoms with van der Waals surface area (Å²) < 4.78 is 27.6. The molecule has 1 aromatic carbocycles. The predicted molar refractivity (Wildman–Crippen MR) is 131 cm³/mol. The van der Waals surface area contributed by atoms with Gasteiger partial charge in [0.2, 0.25) is 15.9 Å². The molecular formula is C24H34N4O3S2. The molecule has 0 N–H and O–H groups in total. The average molecular weight is 491 g/mol. The highest BCUT2D eigenvalue weighted by Gasteiger charge is 2.34. The number of likely N-dealkylation sites (tertiary alicyclic amines) is 1. The fraction of sp³-hybridized carbons (Fsp3) is 0.583. The van der Waals surface area contributed by atoms with Crippen LogP contribution in [0.5, 0.6) is 0 Å². The maximum absolute atomic E-state index is 13.1. The second kappa shape index (κ2) is 10.2. The zero-order chi connectivity index (χ0) is 23.6. The number of sulfonamides is 1. The van der Waals surface area contributed by atoms with E-state index in [0.717, 1.165) is 48.7 Å². The molecule has 4 rings (SSSR count). The van der Waals surface area contributed by atoms with Crippen LogP contribution >= 0.6 is 11.3 Å². The SMILES string of the molecule is Cc1nc(CN2CCC(C(=O)N3CCN(S(=O)(=O)c4ccc(C(C)C)cc4)CC3)CC2)cs1. The van der Waals surface area contributed by atoms with Gasteiger partial charge in [-0.25, -0.2) is 13.4 Å². The average Bonchev–Trinajstić information content (AvgIpc) is 3.23. The lowest BCUT2D eigenvalue weighted by Gasteiger charge is -2.38. The Morgan fingerprint density at radius 1 is 1.06 bits per heavy atom. The molecule has 2 aliphatic rings. The Kier molecular flexibility index (Phi) is 7.53. The van der Waals surface area contributed by atoms with Gasteiger partial charge in [0.25, 0.3) is 0 Å². The molecule has 2 aromatic rings. The van der Waals surface area contributed by atoms with Gasteiger partial charge in [0, 0.05) is 44.0 Å². The van der Waals surface area contributed by atoms with E-state index >= 15 is 0 Å². The van der Waals surface area contributed by atoms with Crippen LogP contribution in [0.1, 0.15) is 48.9 Å². The summed E-state index contributed by atoms with van der Waals surface area (Å²) in [6, 6.07) is 7.17.